The van der Waals surface area contributed by atoms with Crippen molar-refractivity contribution in [3.8, 4) is 16.9 Å². The quantitative estimate of drug-likeness (QED) is 0.646. The lowest BCUT2D eigenvalue weighted by molar-refractivity contribution is 1.07. The molecule has 0 spiro atoms. The SMILES string of the molecule is c1ccc(-c2cc(-n3cccc3)ccn2)cc1. The summed E-state index contributed by atoms with van der Waals surface area (Å²) in [5, 5.41) is 0. The molecular formula is C15H12N2. The van der Waals surface area contributed by atoms with E-state index >= 15 is 0 Å². The molecule has 0 saturated carbocycles. The molecule has 2 heteroatoms. The van der Waals surface area contributed by atoms with Gasteiger partial charge in [-0.3, -0.25) is 4.98 Å². The number of nitrogens with zero attached hydrogens (tertiary/aromatic N) is 2. The van der Waals surface area contributed by atoms with Crippen LogP contribution >= 0.6 is 0 Å². The van der Waals surface area contributed by atoms with Crippen LogP contribution in [0.1, 0.15) is 0 Å². The largest absolute Gasteiger partial charge is 0.324 e. The van der Waals surface area contributed by atoms with Crippen LogP contribution in [0.2, 0.25) is 0 Å². The van der Waals surface area contributed by atoms with Gasteiger partial charge in [0.1, 0.15) is 0 Å². The number of rotatable bonds is 2. The van der Waals surface area contributed by atoms with Gasteiger partial charge < -0.3 is 4.57 Å². The van der Waals surface area contributed by atoms with E-state index in [1.807, 2.05) is 55.0 Å². The molecule has 0 aliphatic carbocycles. The van der Waals surface area contributed by atoms with Crippen molar-refractivity contribution in [3.63, 3.8) is 0 Å². The lowest BCUT2D eigenvalue weighted by atomic mass is 10.1. The molecule has 3 aromatic rings. The van der Waals surface area contributed by atoms with Crippen molar-refractivity contribution in [2.45, 2.75) is 0 Å². The maximum Gasteiger partial charge on any atom is 0.0722 e. The first-order valence-corrected chi connectivity index (χ1v) is 5.58. The zero-order chi connectivity index (χ0) is 11.5. The number of benzene rings is 1. The summed E-state index contributed by atoms with van der Waals surface area (Å²) in [4.78, 5) is 4.41. The van der Waals surface area contributed by atoms with Crippen molar-refractivity contribution < 1.29 is 0 Å². The van der Waals surface area contributed by atoms with Crippen LogP contribution in [0.25, 0.3) is 16.9 Å². The monoisotopic (exact) mass is 220 g/mol. The number of hydrogen-bond acceptors (Lipinski definition) is 1. The Kier molecular flexibility index (Phi) is 2.47. The summed E-state index contributed by atoms with van der Waals surface area (Å²) in [6, 6.07) is 18.3. The van der Waals surface area contributed by atoms with E-state index < -0.39 is 0 Å². The van der Waals surface area contributed by atoms with Crippen LogP contribution in [0.3, 0.4) is 0 Å². The summed E-state index contributed by atoms with van der Waals surface area (Å²) in [6.07, 6.45) is 5.91. The van der Waals surface area contributed by atoms with E-state index in [4.69, 9.17) is 0 Å². The Morgan fingerprint density at radius 3 is 2.35 bits per heavy atom. The molecule has 1 aromatic carbocycles. The molecule has 0 aliphatic rings. The molecular weight excluding hydrogens is 208 g/mol. The van der Waals surface area contributed by atoms with Crippen LogP contribution in [0, 0.1) is 0 Å². The van der Waals surface area contributed by atoms with Gasteiger partial charge in [0, 0.05) is 29.8 Å². The maximum absolute atomic E-state index is 4.41. The predicted molar refractivity (Wildman–Crippen MR) is 69.0 cm³/mol. The molecule has 0 bridgehead atoms. The van der Waals surface area contributed by atoms with Crippen LogP contribution in [0.15, 0.2) is 73.2 Å². The van der Waals surface area contributed by atoms with Gasteiger partial charge in [-0.25, -0.2) is 0 Å². The molecule has 3 rings (SSSR count). The molecule has 0 amide bonds. The predicted octanol–water partition coefficient (Wildman–Crippen LogP) is 3.54. The summed E-state index contributed by atoms with van der Waals surface area (Å²) in [7, 11) is 0. The smallest absolute Gasteiger partial charge is 0.0722 e. The lowest BCUT2D eigenvalue weighted by Crippen LogP contribution is -1.91. The van der Waals surface area contributed by atoms with Crippen molar-refractivity contribution in [3.05, 3.63) is 73.2 Å². The number of hydrogen-bond donors (Lipinski definition) is 0. The third-order valence-electron chi connectivity index (χ3n) is 2.72. The lowest BCUT2D eigenvalue weighted by Gasteiger charge is -2.05. The summed E-state index contributed by atoms with van der Waals surface area (Å²) in [5.41, 5.74) is 3.27. The van der Waals surface area contributed by atoms with Gasteiger partial charge in [-0.2, -0.15) is 0 Å². The van der Waals surface area contributed by atoms with Gasteiger partial charge in [-0.1, -0.05) is 30.3 Å². The first-order valence-electron chi connectivity index (χ1n) is 5.58. The van der Waals surface area contributed by atoms with E-state index in [2.05, 4.69) is 27.8 Å². The molecule has 82 valence electrons. The zero-order valence-electron chi connectivity index (χ0n) is 9.32. The molecule has 2 heterocycles. The highest BCUT2D eigenvalue weighted by Gasteiger charge is 2.00. The third-order valence-corrected chi connectivity index (χ3v) is 2.72. The second-order valence-electron chi connectivity index (χ2n) is 3.86. The van der Waals surface area contributed by atoms with Gasteiger partial charge in [-0.15, -0.1) is 0 Å². The van der Waals surface area contributed by atoms with Crippen LogP contribution in [0.4, 0.5) is 0 Å². The van der Waals surface area contributed by atoms with E-state index in [0.717, 1.165) is 16.9 Å². The summed E-state index contributed by atoms with van der Waals surface area (Å²) < 4.78 is 2.08. The van der Waals surface area contributed by atoms with Crippen LogP contribution in [-0.4, -0.2) is 9.55 Å². The number of aromatic nitrogens is 2. The van der Waals surface area contributed by atoms with Gasteiger partial charge in [0.05, 0.1) is 5.69 Å². The fraction of sp³-hybridized carbons (Fsp3) is 0. The molecule has 0 atom stereocenters. The Labute approximate surface area is 100 Å². The van der Waals surface area contributed by atoms with Gasteiger partial charge in [0.2, 0.25) is 0 Å². The van der Waals surface area contributed by atoms with Crippen molar-refractivity contribution in [2.75, 3.05) is 0 Å². The number of pyridine rings is 1. The fourth-order valence-corrected chi connectivity index (χ4v) is 1.85. The molecule has 2 nitrogen and oxygen atoms in total. The molecule has 0 saturated heterocycles. The van der Waals surface area contributed by atoms with Crippen LogP contribution in [-0.2, 0) is 0 Å². The first-order chi connectivity index (χ1) is 8.43. The highest BCUT2D eigenvalue weighted by Crippen LogP contribution is 2.19. The average molecular weight is 220 g/mol. The van der Waals surface area contributed by atoms with E-state index in [9.17, 15) is 0 Å². The van der Waals surface area contributed by atoms with Gasteiger partial charge in [-0.05, 0) is 24.3 Å². The second-order valence-corrected chi connectivity index (χ2v) is 3.86. The van der Waals surface area contributed by atoms with E-state index in [0.29, 0.717) is 0 Å². The van der Waals surface area contributed by atoms with Gasteiger partial charge >= 0.3 is 0 Å². The van der Waals surface area contributed by atoms with E-state index in [1.165, 1.54) is 0 Å². The van der Waals surface area contributed by atoms with E-state index in [1.54, 1.807) is 0 Å². The zero-order valence-corrected chi connectivity index (χ0v) is 9.32. The Balaban J connectivity index is 2.06. The van der Waals surface area contributed by atoms with Gasteiger partial charge in [0.15, 0.2) is 0 Å². The highest BCUT2D eigenvalue weighted by molar-refractivity contribution is 5.61. The maximum atomic E-state index is 4.41. The highest BCUT2D eigenvalue weighted by atomic mass is 14.9. The summed E-state index contributed by atoms with van der Waals surface area (Å²) in [5.74, 6) is 0. The minimum Gasteiger partial charge on any atom is -0.324 e. The topological polar surface area (TPSA) is 17.8 Å². The fourth-order valence-electron chi connectivity index (χ4n) is 1.85. The molecule has 0 N–H and O–H groups in total. The molecule has 0 radical (unpaired) electrons. The minimum absolute atomic E-state index is 0.997. The standard InChI is InChI=1S/C15H12N2/c1-2-6-13(7-3-1)15-12-14(8-9-16-15)17-10-4-5-11-17/h1-12H. The Morgan fingerprint density at radius 2 is 1.59 bits per heavy atom. The van der Waals surface area contributed by atoms with Crippen LogP contribution in [0.5, 0.6) is 0 Å². The average Bonchev–Trinajstić information content (AvgIpc) is 2.94. The molecule has 0 aliphatic heterocycles. The molecule has 2 aromatic heterocycles. The minimum atomic E-state index is 0.997. The van der Waals surface area contributed by atoms with Crippen LogP contribution < -0.4 is 0 Å². The second kappa shape index (κ2) is 4.26. The molecule has 17 heavy (non-hydrogen) atoms. The first kappa shape index (κ1) is 9.85. The normalized spacial score (nSPS) is 10.4. The van der Waals surface area contributed by atoms with Crippen molar-refractivity contribution in [1.82, 2.24) is 9.55 Å². The van der Waals surface area contributed by atoms with Crippen molar-refractivity contribution in [2.24, 2.45) is 0 Å². The van der Waals surface area contributed by atoms with Crippen molar-refractivity contribution in [1.29, 1.82) is 0 Å². The molecule has 0 unspecified atom stereocenters. The van der Waals surface area contributed by atoms with E-state index in [-0.39, 0.29) is 0 Å². The van der Waals surface area contributed by atoms with Gasteiger partial charge in [0.25, 0.3) is 0 Å². The summed E-state index contributed by atoms with van der Waals surface area (Å²) >= 11 is 0. The Bertz CT molecular complexity index is 598. The Hall–Kier alpha value is -2.35. The third kappa shape index (κ3) is 1.97. The Morgan fingerprint density at radius 1 is 0.824 bits per heavy atom. The molecule has 0 fully saturated rings. The summed E-state index contributed by atoms with van der Waals surface area (Å²) in [6.45, 7) is 0. The van der Waals surface area contributed by atoms with Crippen molar-refractivity contribution >= 4 is 0 Å².